The van der Waals surface area contributed by atoms with Crippen LogP contribution in [0.3, 0.4) is 0 Å². The zero-order valence-electron chi connectivity index (χ0n) is 13.0. The van der Waals surface area contributed by atoms with Gasteiger partial charge in [0.1, 0.15) is 5.65 Å². The summed E-state index contributed by atoms with van der Waals surface area (Å²) in [6.07, 6.45) is 3.80. The Balaban J connectivity index is 1.97. The molecule has 1 aromatic carbocycles. The number of benzene rings is 1. The number of hydrogen-bond acceptors (Lipinski definition) is 3. The number of ether oxygens (including phenoxy) is 1. The minimum absolute atomic E-state index is 0.584. The summed E-state index contributed by atoms with van der Waals surface area (Å²) in [5, 5.41) is 0.704. The molecule has 0 spiro atoms. The van der Waals surface area contributed by atoms with Gasteiger partial charge in [-0.15, -0.1) is 0 Å². The van der Waals surface area contributed by atoms with Crippen LogP contribution in [0.25, 0.3) is 28.2 Å². The molecular formula is C19H14ClN3O. The van der Waals surface area contributed by atoms with Gasteiger partial charge < -0.3 is 4.74 Å². The van der Waals surface area contributed by atoms with Gasteiger partial charge in [-0.25, -0.2) is 9.97 Å². The number of methoxy groups -OCH3 is 1. The van der Waals surface area contributed by atoms with Crippen LogP contribution in [0.5, 0.6) is 5.88 Å². The van der Waals surface area contributed by atoms with Crippen molar-refractivity contribution >= 4 is 17.2 Å². The van der Waals surface area contributed by atoms with Gasteiger partial charge in [-0.2, -0.15) is 0 Å². The van der Waals surface area contributed by atoms with E-state index in [2.05, 4.69) is 9.38 Å². The number of rotatable bonds is 3. The Labute approximate surface area is 144 Å². The van der Waals surface area contributed by atoms with Crippen LogP contribution in [0.2, 0.25) is 5.02 Å². The zero-order valence-corrected chi connectivity index (χ0v) is 13.7. The summed E-state index contributed by atoms with van der Waals surface area (Å²) in [5.41, 5.74) is 4.74. The monoisotopic (exact) mass is 335 g/mol. The second kappa shape index (κ2) is 5.98. The molecule has 0 aliphatic heterocycles. The lowest BCUT2D eigenvalue weighted by Gasteiger charge is -2.06. The highest BCUT2D eigenvalue weighted by Crippen LogP contribution is 2.33. The highest BCUT2D eigenvalue weighted by atomic mass is 35.5. The molecule has 0 fully saturated rings. The Morgan fingerprint density at radius 2 is 1.75 bits per heavy atom. The number of fused-ring (bicyclic) bond motifs is 1. The van der Waals surface area contributed by atoms with E-state index in [4.69, 9.17) is 21.3 Å². The van der Waals surface area contributed by atoms with E-state index < -0.39 is 0 Å². The number of halogens is 1. The standard InChI is InChI=1S/C19H14ClN3O/c1-24-17-10-7-14(12-21-17)19-18(13-5-8-15(20)9-6-13)22-16-4-2-3-11-23(16)19/h2-12H,1H3. The Morgan fingerprint density at radius 1 is 0.958 bits per heavy atom. The van der Waals surface area contributed by atoms with Crippen LogP contribution in [-0.4, -0.2) is 21.5 Å². The molecule has 5 heteroatoms. The first kappa shape index (κ1) is 14.7. The van der Waals surface area contributed by atoms with Gasteiger partial charge in [0.15, 0.2) is 0 Å². The van der Waals surface area contributed by atoms with Crippen LogP contribution in [0.4, 0.5) is 0 Å². The molecule has 0 atom stereocenters. The van der Waals surface area contributed by atoms with Crippen molar-refractivity contribution in [2.24, 2.45) is 0 Å². The lowest BCUT2D eigenvalue weighted by molar-refractivity contribution is 0.398. The number of aromatic nitrogens is 3. The summed E-state index contributed by atoms with van der Waals surface area (Å²) in [5.74, 6) is 0.584. The van der Waals surface area contributed by atoms with Gasteiger partial charge in [-0.05, 0) is 30.3 Å². The topological polar surface area (TPSA) is 39.4 Å². The number of pyridine rings is 2. The van der Waals surface area contributed by atoms with E-state index in [0.29, 0.717) is 10.9 Å². The maximum Gasteiger partial charge on any atom is 0.212 e. The molecule has 3 heterocycles. The van der Waals surface area contributed by atoms with E-state index in [1.165, 1.54) is 0 Å². The van der Waals surface area contributed by atoms with Crippen LogP contribution in [0.15, 0.2) is 67.0 Å². The minimum atomic E-state index is 0.584. The third-order valence-corrected chi connectivity index (χ3v) is 4.12. The maximum absolute atomic E-state index is 6.02. The van der Waals surface area contributed by atoms with Crippen LogP contribution in [0.1, 0.15) is 0 Å². The second-order valence-electron chi connectivity index (χ2n) is 5.33. The second-order valence-corrected chi connectivity index (χ2v) is 5.77. The van der Waals surface area contributed by atoms with E-state index in [1.54, 1.807) is 13.3 Å². The number of hydrogen-bond donors (Lipinski definition) is 0. The van der Waals surface area contributed by atoms with Gasteiger partial charge in [0.05, 0.1) is 18.5 Å². The van der Waals surface area contributed by atoms with Crippen molar-refractivity contribution in [3.8, 4) is 28.4 Å². The van der Waals surface area contributed by atoms with Gasteiger partial charge >= 0.3 is 0 Å². The van der Waals surface area contributed by atoms with Crippen molar-refractivity contribution in [1.82, 2.24) is 14.4 Å². The molecule has 3 aromatic heterocycles. The fourth-order valence-electron chi connectivity index (χ4n) is 2.72. The zero-order chi connectivity index (χ0) is 16.5. The molecule has 0 amide bonds. The summed E-state index contributed by atoms with van der Waals surface area (Å²) in [4.78, 5) is 9.12. The van der Waals surface area contributed by atoms with E-state index in [0.717, 1.165) is 28.2 Å². The van der Waals surface area contributed by atoms with E-state index in [9.17, 15) is 0 Å². The predicted octanol–water partition coefficient (Wildman–Crippen LogP) is 4.73. The molecule has 24 heavy (non-hydrogen) atoms. The Morgan fingerprint density at radius 3 is 2.46 bits per heavy atom. The minimum Gasteiger partial charge on any atom is -0.481 e. The van der Waals surface area contributed by atoms with Crippen LogP contribution in [-0.2, 0) is 0 Å². The summed E-state index contributed by atoms with van der Waals surface area (Å²) in [6, 6.07) is 17.5. The van der Waals surface area contributed by atoms with Crippen molar-refractivity contribution < 1.29 is 4.74 Å². The van der Waals surface area contributed by atoms with Crippen LogP contribution < -0.4 is 4.74 Å². The quantitative estimate of drug-likeness (QED) is 0.543. The van der Waals surface area contributed by atoms with Crippen molar-refractivity contribution in [3.63, 3.8) is 0 Å². The first-order chi connectivity index (χ1) is 11.8. The number of nitrogens with zero attached hydrogens (tertiary/aromatic N) is 3. The summed E-state index contributed by atoms with van der Waals surface area (Å²) in [7, 11) is 1.61. The van der Waals surface area contributed by atoms with Gasteiger partial charge in [-0.1, -0.05) is 29.8 Å². The molecule has 0 N–H and O–H groups in total. The van der Waals surface area contributed by atoms with Gasteiger partial charge in [0.2, 0.25) is 5.88 Å². The molecule has 0 saturated heterocycles. The molecule has 4 nitrogen and oxygen atoms in total. The summed E-state index contributed by atoms with van der Waals surface area (Å²) < 4.78 is 7.22. The first-order valence-corrected chi connectivity index (χ1v) is 7.87. The SMILES string of the molecule is COc1ccc(-c2c(-c3ccc(Cl)cc3)nc3ccccn23)cn1. The third-order valence-electron chi connectivity index (χ3n) is 3.87. The van der Waals surface area contributed by atoms with E-state index in [-0.39, 0.29) is 0 Å². The molecule has 0 radical (unpaired) electrons. The van der Waals surface area contributed by atoms with Crippen molar-refractivity contribution in [2.75, 3.05) is 7.11 Å². The lowest BCUT2D eigenvalue weighted by Crippen LogP contribution is -1.92. The summed E-state index contributed by atoms with van der Waals surface area (Å²) in [6.45, 7) is 0. The molecule has 118 valence electrons. The molecule has 0 unspecified atom stereocenters. The Kier molecular flexibility index (Phi) is 3.67. The smallest absolute Gasteiger partial charge is 0.212 e. The third kappa shape index (κ3) is 2.51. The average Bonchev–Trinajstić information content (AvgIpc) is 3.02. The van der Waals surface area contributed by atoms with E-state index in [1.807, 2.05) is 60.8 Å². The normalized spacial score (nSPS) is 10.9. The van der Waals surface area contributed by atoms with Gasteiger partial charge in [0.25, 0.3) is 0 Å². The van der Waals surface area contributed by atoms with Crippen molar-refractivity contribution in [1.29, 1.82) is 0 Å². The molecule has 4 rings (SSSR count). The molecule has 0 aliphatic carbocycles. The highest BCUT2D eigenvalue weighted by Gasteiger charge is 2.16. The largest absolute Gasteiger partial charge is 0.481 e. The van der Waals surface area contributed by atoms with Crippen molar-refractivity contribution in [3.05, 3.63) is 72.0 Å². The van der Waals surface area contributed by atoms with Gasteiger partial charge in [-0.3, -0.25) is 4.40 Å². The fourth-order valence-corrected chi connectivity index (χ4v) is 2.85. The highest BCUT2D eigenvalue weighted by molar-refractivity contribution is 6.30. The fraction of sp³-hybridized carbons (Fsp3) is 0.0526. The molecule has 0 bridgehead atoms. The average molecular weight is 336 g/mol. The molecule has 0 aliphatic rings. The molecular weight excluding hydrogens is 322 g/mol. The Bertz CT molecular complexity index is 991. The summed E-state index contributed by atoms with van der Waals surface area (Å²) >= 11 is 6.02. The Hall–Kier alpha value is -2.85. The molecule has 0 saturated carbocycles. The van der Waals surface area contributed by atoms with Crippen LogP contribution in [0, 0.1) is 0 Å². The molecule has 4 aromatic rings. The first-order valence-electron chi connectivity index (χ1n) is 7.50. The van der Waals surface area contributed by atoms with Crippen molar-refractivity contribution in [2.45, 2.75) is 0 Å². The number of imidazole rings is 1. The maximum atomic E-state index is 6.02. The van der Waals surface area contributed by atoms with E-state index >= 15 is 0 Å². The predicted molar refractivity (Wildman–Crippen MR) is 95.4 cm³/mol. The van der Waals surface area contributed by atoms with Crippen LogP contribution >= 0.6 is 11.6 Å². The van der Waals surface area contributed by atoms with Gasteiger partial charge in [0, 0.05) is 34.6 Å². The lowest BCUT2D eigenvalue weighted by atomic mass is 10.1.